The van der Waals surface area contributed by atoms with E-state index in [0.717, 1.165) is 11.1 Å². The number of hydrogen-bond acceptors (Lipinski definition) is 3. The van der Waals surface area contributed by atoms with Crippen LogP contribution in [-0.4, -0.2) is 30.3 Å². The van der Waals surface area contributed by atoms with Gasteiger partial charge in [-0.05, 0) is 29.2 Å². The highest BCUT2D eigenvalue weighted by Gasteiger charge is 2.07. The van der Waals surface area contributed by atoms with E-state index in [1.807, 2.05) is 37.3 Å². The van der Waals surface area contributed by atoms with Gasteiger partial charge in [-0.15, -0.1) is 0 Å². The van der Waals surface area contributed by atoms with Crippen molar-refractivity contribution >= 4 is 12.0 Å². The number of carbonyl (C=O) groups excluding carboxylic acids is 1. The topological polar surface area (TPSA) is 87.7 Å². The van der Waals surface area contributed by atoms with Gasteiger partial charge in [-0.25, -0.2) is 9.59 Å². The second-order valence-electron chi connectivity index (χ2n) is 6.17. The molecule has 0 heterocycles. The maximum Gasteiger partial charge on any atom is 0.335 e. The van der Waals surface area contributed by atoms with Crippen LogP contribution in [-0.2, 0) is 17.9 Å². The molecule has 0 radical (unpaired) electrons. The van der Waals surface area contributed by atoms with E-state index >= 15 is 0 Å². The van der Waals surface area contributed by atoms with Crippen molar-refractivity contribution < 1.29 is 19.4 Å². The van der Waals surface area contributed by atoms with E-state index in [1.54, 1.807) is 12.1 Å². The Morgan fingerprint density at radius 1 is 1.00 bits per heavy atom. The van der Waals surface area contributed by atoms with E-state index in [0.29, 0.717) is 26.3 Å². The third-order valence-corrected chi connectivity index (χ3v) is 3.78. The molecule has 0 aliphatic heterocycles. The van der Waals surface area contributed by atoms with Crippen molar-refractivity contribution in [2.45, 2.75) is 20.1 Å². The molecule has 1 atom stereocenters. The average molecular weight is 356 g/mol. The third-order valence-electron chi connectivity index (χ3n) is 3.78. The number of carbonyl (C=O) groups is 2. The molecular formula is C20H24N2O4. The third kappa shape index (κ3) is 6.94. The summed E-state index contributed by atoms with van der Waals surface area (Å²) in [7, 11) is 0. The van der Waals surface area contributed by atoms with Crippen LogP contribution in [0, 0.1) is 5.92 Å². The Labute approximate surface area is 153 Å². The van der Waals surface area contributed by atoms with Gasteiger partial charge in [0, 0.05) is 13.1 Å². The molecular weight excluding hydrogens is 332 g/mol. The van der Waals surface area contributed by atoms with Crippen LogP contribution in [0.4, 0.5) is 4.79 Å². The van der Waals surface area contributed by atoms with Gasteiger partial charge < -0.3 is 20.5 Å². The number of urea groups is 1. The maximum atomic E-state index is 11.8. The highest BCUT2D eigenvalue weighted by atomic mass is 16.5. The zero-order valence-corrected chi connectivity index (χ0v) is 14.8. The molecule has 0 saturated heterocycles. The molecule has 0 spiro atoms. The highest BCUT2D eigenvalue weighted by Crippen LogP contribution is 2.05. The van der Waals surface area contributed by atoms with Crippen molar-refractivity contribution in [3.63, 3.8) is 0 Å². The number of benzene rings is 2. The zero-order chi connectivity index (χ0) is 18.8. The quantitative estimate of drug-likeness (QED) is 0.644. The fourth-order valence-electron chi connectivity index (χ4n) is 2.29. The Morgan fingerprint density at radius 3 is 2.35 bits per heavy atom. The number of aromatic carboxylic acids is 1. The van der Waals surface area contributed by atoms with Crippen molar-refractivity contribution in [2.24, 2.45) is 5.92 Å². The van der Waals surface area contributed by atoms with Crippen LogP contribution in [0.5, 0.6) is 0 Å². The molecule has 6 nitrogen and oxygen atoms in total. The summed E-state index contributed by atoms with van der Waals surface area (Å²) in [5.74, 6) is -0.773. The van der Waals surface area contributed by atoms with E-state index in [-0.39, 0.29) is 17.5 Å². The van der Waals surface area contributed by atoms with Gasteiger partial charge in [0.25, 0.3) is 0 Å². The summed E-state index contributed by atoms with van der Waals surface area (Å²) in [6.07, 6.45) is 0. The first-order chi connectivity index (χ1) is 12.5. The lowest BCUT2D eigenvalue weighted by Crippen LogP contribution is -2.38. The molecule has 2 aromatic carbocycles. The molecule has 0 aromatic heterocycles. The zero-order valence-electron chi connectivity index (χ0n) is 14.8. The lowest BCUT2D eigenvalue weighted by molar-refractivity contribution is 0.0697. The van der Waals surface area contributed by atoms with E-state index in [9.17, 15) is 9.59 Å². The second-order valence-corrected chi connectivity index (χ2v) is 6.17. The number of ether oxygens (including phenoxy) is 1. The molecule has 2 rings (SSSR count). The van der Waals surface area contributed by atoms with Crippen LogP contribution in [0.25, 0.3) is 0 Å². The van der Waals surface area contributed by atoms with Gasteiger partial charge in [0.15, 0.2) is 0 Å². The summed E-state index contributed by atoms with van der Waals surface area (Å²) in [4.78, 5) is 22.6. The Bertz CT molecular complexity index is 702. The number of amides is 2. The Kier molecular flexibility index (Phi) is 7.64. The first kappa shape index (κ1) is 19.5. The summed E-state index contributed by atoms with van der Waals surface area (Å²) in [6.45, 7) is 3.98. The molecule has 26 heavy (non-hydrogen) atoms. The summed E-state index contributed by atoms with van der Waals surface area (Å²) in [5, 5.41) is 14.4. The number of carboxylic acid groups (broad SMARTS) is 1. The van der Waals surface area contributed by atoms with Gasteiger partial charge in [-0.3, -0.25) is 0 Å². The van der Waals surface area contributed by atoms with Crippen LogP contribution in [0.2, 0.25) is 0 Å². The monoisotopic (exact) mass is 356 g/mol. The van der Waals surface area contributed by atoms with E-state index in [1.165, 1.54) is 12.1 Å². The fourth-order valence-corrected chi connectivity index (χ4v) is 2.29. The van der Waals surface area contributed by atoms with E-state index < -0.39 is 5.97 Å². The number of carboxylic acids is 1. The van der Waals surface area contributed by atoms with Crippen LogP contribution in [0.1, 0.15) is 28.4 Å². The Hall–Kier alpha value is -2.86. The van der Waals surface area contributed by atoms with Crippen molar-refractivity contribution in [2.75, 3.05) is 13.2 Å². The predicted octanol–water partition coefficient (Wildman–Crippen LogP) is 3.04. The predicted molar refractivity (Wildman–Crippen MR) is 98.9 cm³/mol. The molecule has 0 saturated carbocycles. The minimum atomic E-state index is -0.967. The largest absolute Gasteiger partial charge is 0.478 e. The van der Waals surface area contributed by atoms with Gasteiger partial charge in [0.2, 0.25) is 0 Å². The smallest absolute Gasteiger partial charge is 0.335 e. The minimum absolute atomic E-state index is 0.194. The first-order valence-electron chi connectivity index (χ1n) is 8.50. The molecule has 6 heteroatoms. The molecule has 138 valence electrons. The molecule has 2 aromatic rings. The molecule has 1 unspecified atom stereocenters. The number of nitrogens with one attached hydrogen (secondary N) is 2. The molecule has 3 N–H and O–H groups in total. The van der Waals surface area contributed by atoms with Crippen molar-refractivity contribution in [1.82, 2.24) is 10.6 Å². The van der Waals surface area contributed by atoms with Gasteiger partial charge in [0.05, 0.1) is 18.8 Å². The maximum absolute atomic E-state index is 11.8. The van der Waals surface area contributed by atoms with Crippen LogP contribution in [0.3, 0.4) is 0 Å². The second kappa shape index (κ2) is 10.2. The van der Waals surface area contributed by atoms with Gasteiger partial charge in [-0.1, -0.05) is 49.4 Å². The van der Waals surface area contributed by atoms with Gasteiger partial charge >= 0.3 is 12.0 Å². The molecule has 0 fully saturated rings. The molecule has 0 bridgehead atoms. The normalized spacial score (nSPS) is 11.6. The average Bonchev–Trinajstić information content (AvgIpc) is 2.66. The summed E-state index contributed by atoms with van der Waals surface area (Å²) in [5.41, 5.74) is 2.19. The molecule has 0 aliphatic carbocycles. The number of hydrogen-bond donors (Lipinski definition) is 3. The van der Waals surface area contributed by atoms with Crippen LogP contribution in [0.15, 0.2) is 54.6 Å². The van der Waals surface area contributed by atoms with Crippen LogP contribution >= 0.6 is 0 Å². The molecule has 2 amide bonds. The van der Waals surface area contributed by atoms with Gasteiger partial charge in [0.1, 0.15) is 0 Å². The van der Waals surface area contributed by atoms with Crippen molar-refractivity contribution in [3.05, 3.63) is 71.3 Å². The Balaban J connectivity index is 1.61. The standard InChI is InChI=1S/C20H24N2O4/c1-15(13-26-14-17-5-3-2-4-6-17)11-21-20(25)22-12-16-7-9-18(10-8-16)19(23)24/h2-10,15H,11-14H2,1H3,(H,23,24)(H2,21,22,25). The van der Waals surface area contributed by atoms with E-state index in [2.05, 4.69) is 10.6 Å². The summed E-state index contributed by atoms with van der Waals surface area (Å²) in [6, 6.07) is 16.1. The SMILES string of the molecule is CC(CNC(=O)NCc1ccc(C(=O)O)cc1)COCc1ccccc1. The first-order valence-corrected chi connectivity index (χ1v) is 8.50. The van der Waals surface area contributed by atoms with E-state index in [4.69, 9.17) is 9.84 Å². The lowest BCUT2D eigenvalue weighted by Gasteiger charge is -2.14. The lowest BCUT2D eigenvalue weighted by atomic mass is 10.1. The summed E-state index contributed by atoms with van der Waals surface area (Å²) < 4.78 is 5.65. The number of rotatable bonds is 9. The van der Waals surface area contributed by atoms with Crippen LogP contribution < -0.4 is 10.6 Å². The van der Waals surface area contributed by atoms with Crippen molar-refractivity contribution in [3.8, 4) is 0 Å². The molecule has 0 aliphatic rings. The Morgan fingerprint density at radius 2 is 1.69 bits per heavy atom. The fraction of sp³-hybridized carbons (Fsp3) is 0.300. The van der Waals surface area contributed by atoms with Gasteiger partial charge in [-0.2, -0.15) is 0 Å². The highest BCUT2D eigenvalue weighted by molar-refractivity contribution is 5.87. The minimum Gasteiger partial charge on any atom is -0.478 e. The summed E-state index contributed by atoms with van der Waals surface area (Å²) >= 11 is 0. The van der Waals surface area contributed by atoms with Crippen molar-refractivity contribution in [1.29, 1.82) is 0 Å².